The van der Waals surface area contributed by atoms with Crippen molar-refractivity contribution in [1.82, 2.24) is 5.32 Å². The van der Waals surface area contributed by atoms with E-state index in [1.54, 1.807) is 18.2 Å². The van der Waals surface area contributed by atoms with Crippen molar-refractivity contribution in [2.75, 3.05) is 0 Å². The Balaban J connectivity index is 2.46. The molecule has 0 fully saturated rings. The Morgan fingerprint density at radius 2 is 1.79 bits per heavy atom. The molecule has 3 N–H and O–H groups in total. The number of carbonyl (C=O) groups is 1. The molecule has 0 aliphatic carbocycles. The van der Waals surface area contributed by atoms with Gasteiger partial charge >= 0.3 is 6.03 Å². The molecule has 3 nitrogen and oxygen atoms in total. The van der Waals surface area contributed by atoms with Crippen molar-refractivity contribution in [2.45, 2.75) is 6.04 Å². The van der Waals surface area contributed by atoms with Gasteiger partial charge in [0.25, 0.3) is 0 Å². The molecule has 2 aromatic rings. The summed E-state index contributed by atoms with van der Waals surface area (Å²) in [5.74, 6) is 0. The fraction of sp³-hybridized carbons (Fsp3) is 0.0714. The standard InChI is InChI=1S/C14H12Cl2N2O/c15-10-6-7-11(12(16)8-10)13(18-14(17)19)9-4-2-1-3-5-9/h1-8,13H,(H3,17,18,19)/t13-/m1/s1. The van der Waals surface area contributed by atoms with Gasteiger partial charge in [-0.25, -0.2) is 4.79 Å². The van der Waals surface area contributed by atoms with E-state index in [1.807, 2.05) is 30.3 Å². The minimum absolute atomic E-state index is 0.400. The molecule has 0 aliphatic rings. The van der Waals surface area contributed by atoms with Crippen molar-refractivity contribution >= 4 is 29.2 Å². The maximum atomic E-state index is 11.2. The monoisotopic (exact) mass is 294 g/mol. The number of nitrogens with two attached hydrogens (primary N) is 1. The van der Waals surface area contributed by atoms with Crippen LogP contribution < -0.4 is 11.1 Å². The Morgan fingerprint density at radius 1 is 1.11 bits per heavy atom. The van der Waals surface area contributed by atoms with Crippen molar-refractivity contribution in [2.24, 2.45) is 5.73 Å². The second-order valence-corrected chi connectivity index (χ2v) is 4.86. The van der Waals surface area contributed by atoms with E-state index in [-0.39, 0.29) is 0 Å². The quantitative estimate of drug-likeness (QED) is 0.890. The van der Waals surface area contributed by atoms with Crippen molar-refractivity contribution in [1.29, 1.82) is 0 Å². The average Bonchev–Trinajstić information content (AvgIpc) is 2.37. The fourth-order valence-electron chi connectivity index (χ4n) is 1.86. The lowest BCUT2D eigenvalue weighted by Crippen LogP contribution is -2.33. The Labute approximate surface area is 121 Å². The molecular formula is C14H12Cl2N2O. The van der Waals surface area contributed by atoms with Gasteiger partial charge in [0.05, 0.1) is 6.04 Å². The summed E-state index contributed by atoms with van der Waals surface area (Å²) in [5.41, 5.74) is 6.87. The molecule has 0 heterocycles. The minimum atomic E-state index is -0.611. The van der Waals surface area contributed by atoms with Crippen molar-refractivity contribution in [3.63, 3.8) is 0 Å². The third kappa shape index (κ3) is 3.40. The number of benzene rings is 2. The molecule has 5 heteroatoms. The van der Waals surface area contributed by atoms with E-state index in [0.717, 1.165) is 11.1 Å². The van der Waals surface area contributed by atoms with Crippen LogP contribution in [0.2, 0.25) is 10.0 Å². The van der Waals surface area contributed by atoms with Crippen LogP contribution in [0.5, 0.6) is 0 Å². The molecule has 0 saturated heterocycles. The van der Waals surface area contributed by atoms with Crippen LogP contribution in [0.25, 0.3) is 0 Å². The van der Waals surface area contributed by atoms with Gasteiger partial charge in [-0.1, -0.05) is 59.6 Å². The van der Waals surface area contributed by atoms with E-state index in [9.17, 15) is 4.79 Å². The van der Waals surface area contributed by atoms with Gasteiger partial charge in [0.2, 0.25) is 0 Å². The van der Waals surface area contributed by atoms with E-state index < -0.39 is 12.1 Å². The number of hydrogen-bond donors (Lipinski definition) is 2. The highest BCUT2D eigenvalue weighted by atomic mass is 35.5. The lowest BCUT2D eigenvalue weighted by atomic mass is 9.99. The predicted molar refractivity (Wildman–Crippen MR) is 77.5 cm³/mol. The van der Waals surface area contributed by atoms with Gasteiger partial charge in [-0.3, -0.25) is 0 Å². The summed E-state index contributed by atoms with van der Waals surface area (Å²) in [5, 5.41) is 3.71. The highest BCUT2D eigenvalue weighted by Crippen LogP contribution is 2.30. The molecule has 2 aromatic carbocycles. The Morgan fingerprint density at radius 3 is 2.37 bits per heavy atom. The minimum Gasteiger partial charge on any atom is -0.352 e. The van der Waals surface area contributed by atoms with E-state index in [1.165, 1.54) is 0 Å². The van der Waals surface area contributed by atoms with Crippen LogP contribution in [0.4, 0.5) is 4.79 Å². The first-order chi connectivity index (χ1) is 9.08. The molecule has 0 unspecified atom stereocenters. The van der Waals surface area contributed by atoms with Gasteiger partial charge in [0.15, 0.2) is 0 Å². The molecule has 0 spiro atoms. The number of primary amides is 1. The summed E-state index contributed by atoms with van der Waals surface area (Å²) in [6.07, 6.45) is 0. The molecule has 0 aliphatic heterocycles. The van der Waals surface area contributed by atoms with Gasteiger partial charge in [-0.15, -0.1) is 0 Å². The molecule has 2 rings (SSSR count). The van der Waals surface area contributed by atoms with Crippen molar-refractivity contribution in [3.8, 4) is 0 Å². The molecule has 2 amide bonds. The van der Waals surface area contributed by atoms with E-state index in [0.29, 0.717) is 10.0 Å². The molecule has 0 saturated carbocycles. The lowest BCUT2D eigenvalue weighted by molar-refractivity contribution is 0.247. The molecule has 98 valence electrons. The fourth-order valence-corrected chi connectivity index (χ4v) is 2.38. The molecule has 1 atom stereocenters. The van der Waals surface area contributed by atoms with Gasteiger partial charge in [-0.05, 0) is 23.3 Å². The van der Waals surface area contributed by atoms with Crippen LogP contribution in [0.1, 0.15) is 17.2 Å². The maximum Gasteiger partial charge on any atom is 0.312 e. The van der Waals surface area contributed by atoms with Gasteiger partial charge in [0.1, 0.15) is 0 Å². The van der Waals surface area contributed by atoms with E-state index in [4.69, 9.17) is 28.9 Å². The largest absolute Gasteiger partial charge is 0.352 e. The first kappa shape index (κ1) is 13.7. The number of hydrogen-bond acceptors (Lipinski definition) is 1. The highest BCUT2D eigenvalue weighted by molar-refractivity contribution is 6.35. The van der Waals surface area contributed by atoms with E-state index >= 15 is 0 Å². The topological polar surface area (TPSA) is 55.1 Å². The molecule has 0 bridgehead atoms. The lowest BCUT2D eigenvalue weighted by Gasteiger charge is -2.19. The molecule has 19 heavy (non-hydrogen) atoms. The zero-order valence-corrected chi connectivity index (χ0v) is 11.4. The van der Waals surface area contributed by atoms with Crippen LogP contribution in [0.15, 0.2) is 48.5 Å². The summed E-state index contributed by atoms with van der Waals surface area (Å²) in [6, 6.07) is 13.6. The summed E-state index contributed by atoms with van der Waals surface area (Å²) in [6.45, 7) is 0. The first-order valence-corrected chi connectivity index (χ1v) is 6.39. The SMILES string of the molecule is NC(=O)N[C@H](c1ccccc1)c1ccc(Cl)cc1Cl. The van der Waals surface area contributed by atoms with Crippen LogP contribution >= 0.6 is 23.2 Å². The van der Waals surface area contributed by atoms with Crippen LogP contribution in [-0.2, 0) is 0 Å². The van der Waals surface area contributed by atoms with Crippen LogP contribution in [0.3, 0.4) is 0 Å². The van der Waals surface area contributed by atoms with Gasteiger partial charge in [0, 0.05) is 10.0 Å². The normalized spacial score (nSPS) is 11.9. The zero-order valence-electron chi connectivity index (χ0n) is 9.94. The Kier molecular flexibility index (Phi) is 4.30. The average molecular weight is 295 g/mol. The molecule has 0 aromatic heterocycles. The number of carbonyl (C=O) groups excluding carboxylic acids is 1. The smallest absolute Gasteiger partial charge is 0.312 e. The third-order valence-electron chi connectivity index (χ3n) is 2.69. The van der Waals surface area contributed by atoms with Crippen LogP contribution in [0, 0.1) is 0 Å². The summed E-state index contributed by atoms with van der Waals surface area (Å²) < 4.78 is 0. The van der Waals surface area contributed by atoms with Gasteiger partial charge in [-0.2, -0.15) is 0 Å². The number of rotatable bonds is 3. The zero-order chi connectivity index (χ0) is 13.8. The Hall–Kier alpha value is -1.71. The number of urea groups is 1. The van der Waals surface area contributed by atoms with Crippen LogP contribution in [-0.4, -0.2) is 6.03 Å². The Bertz CT molecular complexity index is 587. The van der Waals surface area contributed by atoms with Crippen molar-refractivity contribution < 1.29 is 4.79 Å². The number of halogens is 2. The number of nitrogens with one attached hydrogen (secondary N) is 1. The predicted octanol–water partition coefficient (Wildman–Crippen LogP) is 3.75. The summed E-state index contributed by atoms with van der Waals surface area (Å²) >= 11 is 12.1. The third-order valence-corrected chi connectivity index (χ3v) is 3.26. The summed E-state index contributed by atoms with van der Waals surface area (Å²) in [4.78, 5) is 11.2. The summed E-state index contributed by atoms with van der Waals surface area (Å²) in [7, 11) is 0. The molecule has 0 radical (unpaired) electrons. The van der Waals surface area contributed by atoms with E-state index in [2.05, 4.69) is 5.32 Å². The number of amides is 2. The van der Waals surface area contributed by atoms with Gasteiger partial charge < -0.3 is 11.1 Å². The molecular weight excluding hydrogens is 283 g/mol. The maximum absolute atomic E-state index is 11.2. The van der Waals surface area contributed by atoms with Crippen molar-refractivity contribution in [3.05, 3.63) is 69.7 Å². The second-order valence-electron chi connectivity index (χ2n) is 4.02. The second kappa shape index (κ2) is 5.95. The first-order valence-electron chi connectivity index (χ1n) is 5.64. The highest BCUT2D eigenvalue weighted by Gasteiger charge is 2.18.